The molecule has 0 bridgehead atoms. The van der Waals surface area contributed by atoms with Gasteiger partial charge in [-0.2, -0.15) is 16.2 Å². The summed E-state index contributed by atoms with van der Waals surface area (Å²) in [6.45, 7) is 2.15. The molecule has 0 amide bonds. The van der Waals surface area contributed by atoms with Crippen molar-refractivity contribution < 1.29 is 4.39 Å². The zero-order valence-electron chi connectivity index (χ0n) is 9.40. The summed E-state index contributed by atoms with van der Waals surface area (Å²) in [7, 11) is 2.00. The molecule has 0 aliphatic heterocycles. The molecule has 1 rings (SSSR count). The molecule has 1 unspecified atom stereocenters. The number of rotatable bonds is 5. The first-order chi connectivity index (χ1) is 7.19. The lowest BCUT2D eigenvalue weighted by molar-refractivity contribution is 0.581. The van der Waals surface area contributed by atoms with Crippen LogP contribution in [0.1, 0.15) is 13.3 Å². The molecule has 1 aromatic rings. The minimum absolute atomic E-state index is 0.418. The number of aromatic nitrogens is 1. The van der Waals surface area contributed by atoms with Gasteiger partial charge >= 0.3 is 0 Å². The van der Waals surface area contributed by atoms with Gasteiger partial charge in [0.2, 0.25) is 5.95 Å². The smallest absolute Gasteiger partial charge is 0.214 e. The molecule has 0 fully saturated rings. The predicted molar refractivity (Wildman–Crippen MR) is 65.1 cm³/mol. The van der Waals surface area contributed by atoms with Crippen LogP contribution >= 0.6 is 11.8 Å². The van der Waals surface area contributed by atoms with Gasteiger partial charge in [0.1, 0.15) is 0 Å². The minimum atomic E-state index is -0.418. The van der Waals surface area contributed by atoms with Gasteiger partial charge in [-0.1, -0.05) is 6.92 Å². The molecule has 2 nitrogen and oxygen atoms in total. The molecule has 4 heteroatoms. The van der Waals surface area contributed by atoms with Gasteiger partial charge in [-0.3, -0.25) is 0 Å². The maximum Gasteiger partial charge on any atom is 0.214 e. The summed E-state index contributed by atoms with van der Waals surface area (Å²) in [6.07, 6.45) is 4.65. The fourth-order valence-corrected chi connectivity index (χ4v) is 2.36. The third-order valence-electron chi connectivity index (χ3n) is 2.50. The van der Waals surface area contributed by atoms with Crippen molar-refractivity contribution in [1.29, 1.82) is 0 Å². The van der Waals surface area contributed by atoms with Crippen LogP contribution in [0.2, 0.25) is 0 Å². The Hall–Kier alpha value is -0.770. The predicted octanol–water partition coefficient (Wildman–Crippen LogP) is 2.80. The standard InChI is InChI=1S/C11H17FN2S/c1-4-9(8-15-3)14(2)10-5-6-13-11(12)7-10/h5-7,9H,4,8H2,1-3H3. The fraction of sp³-hybridized carbons (Fsp3) is 0.545. The van der Waals surface area contributed by atoms with E-state index in [1.165, 1.54) is 12.3 Å². The molecule has 0 saturated heterocycles. The zero-order valence-corrected chi connectivity index (χ0v) is 10.2. The number of nitrogens with zero attached hydrogens (tertiary/aromatic N) is 2. The Labute approximate surface area is 94.9 Å². The zero-order chi connectivity index (χ0) is 11.3. The number of hydrogen-bond acceptors (Lipinski definition) is 3. The monoisotopic (exact) mass is 228 g/mol. The highest BCUT2D eigenvalue weighted by atomic mass is 32.2. The largest absolute Gasteiger partial charge is 0.371 e. The van der Waals surface area contributed by atoms with Crippen molar-refractivity contribution in [2.75, 3.05) is 24.0 Å². The van der Waals surface area contributed by atoms with Gasteiger partial charge in [0.25, 0.3) is 0 Å². The fourth-order valence-electron chi connectivity index (χ4n) is 1.52. The van der Waals surface area contributed by atoms with Crippen molar-refractivity contribution in [2.45, 2.75) is 19.4 Å². The van der Waals surface area contributed by atoms with E-state index in [0.29, 0.717) is 6.04 Å². The lowest BCUT2D eigenvalue weighted by Crippen LogP contribution is -2.33. The van der Waals surface area contributed by atoms with Crippen molar-refractivity contribution in [3.63, 3.8) is 0 Å². The van der Waals surface area contributed by atoms with Crippen molar-refractivity contribution in [3.05, 3.63) is 24.3 Å². The summed E-state index contributed by atoms with van der Waals surface area (Å²) >= 11 is 1.81. The van der Waals surface area contributed by atoms with E-state index in [1.54, 1.807) is 0 Å². The second kappa shape index (κ2) is 5.95. The average molecular weight is 228 g/mol. The van der Waals surface area contributed by atoms with Crippen LogP contribution in [0.4, 0.5) is 10.1 Å². The molecule has 0 radical (unpaired) electrons. The molecule has 0 saturated carbocycles. The molecule has 0 N–H and O–H groups in total. The molecule has 1 aromatic heterocycles. The Morgan fingerprint density at radius 3 is 2.87 bits per heavy atom. The van der Waals surface area contributed by atoms with Crippen LogP contribution < -0.4 is 4.90 Å². The molecular weight excluding hydrogens is 211 g/mol. The SMILES string of the molecule is CCC(CSC)N(C)c1ccnc(F)c1. The first-order valence-corrected chi connectivity index (χ1v) is 6.41. The van der Waals surface area contributed by atoms with Crippen LogP contribution in [0.15, 0.2) is 18.3 Å². The minimum Gasteiger partial charge on any atom is -0.371 e. The normalized spacial score (nSPS) is 12.5. The summed E-state index contributed by atoms with van der Waals surface area (Å²) in [5.74, 6) is 0.634. The quantitative estimate of drug-likeness (QED) is 0.721. The average Bonchev–Trinajstić information content (AvgIpc) is 2.25. The van der Waals surface area contributed by atoms with Crippen LogP contribution in [0.5, 0.6) is 0 Å². The maximum atomic E-state index is 12.9. The third-order valence-corrected chi connectivity index (χ3v) is 3.21. The number of pyridine rings is 1. The van der Waals surface area contributed by atoms with Gasteiger partial charge in [-0.25, -0.2) is 4.98 Å². The summed E-state index contributed by atoms with van der Waals surface area (Å²) < 4.78 is 12.9. The van der Waals surface area contributed by atoms with E-state index >= 15 is 0 Å². The maximum absolute atomic E-state index is 12.9. The van der Waals surface area contributed by atoms with E-state index in [4.69, 9.17) is 0 Å². The van der Waals surface area contributed by atoms with Gasteiger partial charge in [-0.05, 0) is 18.7 Å². The first kappa shape index (κ1) is 12.3. The van der Waals surface area contributed by atoms with Crippen molar-refractivity contribution >= 4 is 17.4 Å². The highest BCUT2D eigenvalue weighted by Crippen LogP contribution is 2.18. The topological polar surface area (TPSA) is 16.1 Å². The lowest BCUT2D eigenvalue weighted by Gasteiger charge is -2.28. The summed E-state index contributed by atoms with van der Waals surface area (Å²) in [6, 6.07) is 3.76. The molecule has 0 aliphatic rings. The summed E-state index contributed by atoms with van der Waals surface area (Å²) in [5, 5.41) is 0. The van der Waals surface area contributed by atoms with Crippen molar-refractivity contribution in [3.8, 4) is 0 Å². The molecule has 15 heavy (non-hydrogen) atoms. The van der Waals surface area contributed by atoms with Crippen molar-refractivity contribution in [2.24, 2.45) is 0 Å². The van der Waals surface area contributed by atoms with Gasteiger partial charge in [0.05, 0.1) is 0 Å². The van der Waals surface area contributed by atoms with Crippen LogP contribution in [-0.2, 0) is 0 Å². The molecular formula is C11H17FN2S. The Morgan fingerprint density at radius 2 is 2.33 bits per heavy atom. The Morgan fingerprint density at radius 1 is 1.60 bits per heavy atom. The van der Waals surface area contributed by atoms with E-state index in [-0.39, 0.29) is 0 Å². The van der Waals surface area contributed by atoms with E-state index in [2.05, 4.69) is 23.1 Å². The van der Waals surface area contributed by atoms with E-state index in [1.807, 2.05) is 24.9 Å². The highest BCUT2D eigenvalue weighted by Gasteiger charge is 2.13. The van der Waals surface area contributed by atoms with Crippen LogP contribution in [0.3, 0.4) is 0 Å². The van der Waals surface area contributed by atoms with Crippen LogP contribution in [0, 0.1) is 5.95 Å². The first-order valence-electron chi connectivity index (χ1n) is 5.02. The number of halogens is 1. The molecule has 0 aliphatic carbocycles. The highest BCUT2D eigenvalue weighted by molar-refractivity contribution is 7.98. The van der Waals surface area contributed by atoms with E-state index < -0.39 is 5.95 Å². The van der Waals surface area contributed by atoms with Gasteiger partial charge in [0, 0.05) is 36.8 Å². The number of thioether (sulfide) groups is 1. The van der Waals surface area contributed by atoms with Crippen LogP contribution in [0.25, 0.3) is 0 Å². The van der Waals surface area contributed by atoms with Gasteiger partial charge < -0.3 is 4.90 Å². The number of anilines is 1. The van der Waals surface area contributed by atoms with Gasteiger partial charge in [-0.15, -0.1) is 0 Å². The molecule has 84 valence electrons. The number of hydrogen-bond donors (Lipinski definition) is 0. The Balaban J connectivity index is 2.77. The molecule has 1 heterocycles. The van der Waals surface area contributed by atoms with E-state index in [0.717, 1.165) is 17.9 Å². The Kier molecular flexibility index (Phi) is 4.88. The second-order valence-electron chi connectivity index (χ2n) is 3.47. The second-order valence-corrected chi connectivity index (χ2v) is 4.38. The van der Waals surface area contributed by atoms with Crippen LogP contribution in [-0.4, -0.2) is 30.1 Å². The molecule has 0 spiro atoms. The summed E-state index contributed by atoms with van der Waals surface area (Å²) in [5.41, 5.74) is 0.892. The molecule has 0 aromatic carbocycles. The van der Waals surface area contributed by atoms with E-state index in [9.17, 15) is 4.39 Å². The Bertz CT molecular complexity index is 306. The lowest BCUT2D eigenvalue weighted by atomic mass is 10.2. The van der Waals surface area contributed by atoms with Gasteiger partial charge in [0.15, 0.2) is 0 Å². The van der Waals surface area contributed by atoms with Crippen molar-refractivity contribution in [1.82, 2.24) is 4.98 Å². The third kappa shape index (κ3) is 3.38. The summed E-state index contributed by atoms with van der Waals surface area (Å²) in [4.78, 5) is 5.67. The molecule has 1 atom stereocenters.